The number of hydrogen-bond donors (Lipinski definition) is 1. The minimum atomic E-state index is 0.153. The van der Waals surface area contributed by atoms with Crippen molar-refractivity contribution in [2.75, 3.05) is 11.5 Å². The molecule has 1 fully saturated rings. The number of nitrogens with two attached hydrogens (primary N) is 1. The molecule has 1 aliphatic heterocycles. The van der Waals surface area contributed by atoms with Gasteiger partial charge in [-0.25, -0.2) is 0 Å². The van der Waals surface area contributed by atoms with Crippen molar-refractivity contribution in [3.05, 3.63) is 35.2 Å². The molecule has 1 nitrogen and oxygen atoms in total. The summed E-state index contributed by atoms with van der Waals surface area (Å²) in [6.07, 6.45) is 0. The Morgan fingerprint density at radius 1 is 1.22 bits per heavy atom. The topological polar surface area (TPSA) is 26.0 Å². The molecule has 2 heterocycles. The number of thioether (sulfide) groups is 2. The third-order valence-electron chi connectivity index (χ3n) is 3.46. The Balaban J connectivity index is 1.95. The van der Waals surface area contributed by atoms with Crippen molar-refractivity contribution in [1.82, 2.24) is 0 Å². The molecule has 4 heteroatoms. The Bertz CT molecular complexity index is 537. The van der Waals surface area contributed by atoms with Crippen LogP contribution in [0.4, 0.5) is 0 Å². The van der Waals surface area contributed by atoms with Crippen LogP contribution in [0.5, 0.6) is 0 Å². The molecule has 18 heavy (non-hydrogen) atoms. The van der Waals surface area contributed by atoms with Crippen molar-refractivity contribution in [2.24, 2.45) is 5.73 Å². The second kappa shape index (κ2) is 5.45. The van der Waals surface area contributed by atoms with Crippen molar-refractivity contribution >= 4 is 44.9 Å². The van der Waals surface area contributed by atoms with Crippen LogP contribution in [-0.4, -0.2) is 22.0 Å². The average Bonchev–Trinajstić information content (AvgIpc) is 2.86. The molecule has 1 aromatic heterocycles. The van der Waals surface area contributed by atoms with Crippen LogP contribution in [0.3, 0.4) is 0 Å². The van der Waals surface area contributed by atoms with Gasteiger partial charge in [-0.2, -0.15) is 23.5 Å². The van der Waals surface area contributed by atoms with E-state index in [-0.39, 0.29) is 6.04 Å². The summed E-state index contributed by atoms with van der Waals surface area (Å²) in [4.78, 5) is 0. The van der Waals surface area contributed by atoms with E-state index in [2.05, 4.69) is 48.3 Å². The van der Waals surface area contributed by atoms with Crippen LogP contribution in [0.15, 0.2) is 29.6 Å². The molecule has 0 saturated carbocycles. The van der Waals surface area contributed by atoms with Crippen molar-refractivity contribution in [2.45, 2.75) is 23.5 Å². The molecule has 1 saturated heterocycles. The molecule has 3 unspecified atom stereocenters. The minimum absolute atomic E-state index is 0.153. The lowest BCUT2D eigenvalue weighted by Gasteiger charge is -2.32. The number of thiophene rings is 1. The molecular formula is C14H17NS3. The normalized spacial score (nSPS) is 26.3. The van der Waals surface area contributed by atoms with Gasteiger partial charge in [0.05, 0.1) is 0 Å². The molecule has 0 spiro atoms. The number of benzene rings is 1. The molecular weight excluding hydrogens is 278 g/mol. The monoisotopic (exact) mass is 295 g/mol. The lowest BCUT2D eigenvalue weighted by molar-refractivity contribution is 0.669. The highest BCUT2D eigenvalue weighted by atomic mass is 32.2. The number of hydrogen-bond acceptors (Lipinski definition) is 4. The highest BCUT2D eigenvalue weighted by Crippen LogP contribution is 2.40. The summed E-state index contributed by atoms with van der Waals surface area (Å²) in [5.41, 5.74) is 7.89. The lowest BCUT2D eigenvalue weighted by atomic mass is 10.0. The van der Waals surface area contributed by atoms with Gasteiger partial charge in [0, 0.05) is 32.7 Å². The number of fused-ring (bicyclic) bond motifs is 1. The third-order valence-corrected chi connectivity index (χ3v) is 7.65. The summed E-state index contributed by atoms with van der Waals surface area (Å²) in [6.45, 7) is 2.32. The van der Waals surface area contributed by atoms with Crippen LogP contribution in [-0.2, 0) is 0 Å². The summed E-state index contributed by atoms with van der Waals surface area (Å²) < 4.78 is 1.37. The van der Waals surface area contributed by atoms with Gasteiger partial charge in [0.1, 0.15) is 0 Å². The van der Waals surface area contributed by atoms with Gasteiger partial charge in [-0.1, -0.05) is 25.1 Å². The SMILES string of the molecule is CC1SCCSC1C(N)c1cccc2ccsc12. The van der Waals surface area contributed by atoms with E-state index in [9.17, 15) is 0 Å². The maximum absolute atomic E-state index is 6.56. The Labute approximate surface area is 121 Å². The standard InChI is InChI=1S/C14H17NS3/c1-9-13(18-8-7-16-9)12(15)11-4-2-3-10-5-6-17-14(10)11/h2-6,9,12-13H,7-8,15H2,1H3. The molecule has 2 N–H and O–H groups in total. The van der Waals surface area contributed by atoms with Crippen LogP contribution >= 0.6 is 34.9 Å². The molecule has 1 aliphatic rings. The average molecular weight is 295 g/mol. The Morgan fingerprint density at radius 3 is 2.89 bits per heavy atom. The molecule has 1 aromatic carbocycles. The van der Waals surface area contributed by atoms with E-state index < -0.39 is 0 Å². The van der Waals surface area contributed by atoms with Crippen LogP contribution < -0.4 is 5.73 Å². The predicted octanol–water partition coefficient (Wildman–Crippen LogP) is 4.14. The lowest BCUT2D eigenvalue weighted by Crippen LogP contribution is -2.34. The fourth-order valence-electron chi connectivity index (χ4n) is 2.50. The maximum Gasteiger partial charge on any atom is 0.0440 e. The summed E-state index contributed by atoms with van der Waals surface area (Å²) in [5, 5.41) is 4.67. The fraction of sp³-hybridized carbons (Fsp3) is 0.429. The molecule has 3 rings (SSSR count). The second-order valence-corrected chi connectivity index (χ2v) is 8.31. The minimum Gasteiger partial charge on any atom is -0.323 e. The molecule has 2 aromatic rings. The van der Waals surface area contributed by atoms with Crippen LogP contribution in [0, 0.1) is 0 Å². The molecule has 0 radical (unpaired) electrons. The largest absolute Gasteiger partial charge is 0.323 e. The number of rotatable bonds is 2. The summed E-state index contributed by atoms with van der Waals surface area (Å²) >= 11 is 5.91. The Morgan fingerprint density at radius 2 is 2.06 bits per heavy atom. The highest BCUT2D eigenvalue weighted by molar-refractivity contribution is 8.07. The first-order valence-corrected chi connectivity index (χ1v) is 9.20. The summed E-state index contributed by atoms with van der Waals surface area (Å²) in [6, 6.07) is 8.85. The summed E-state index contributed by atoms with van der Waals surface area (Å²) in [5.74, 6) is 2.49. The zero-order chi connectivity index (χ0) is 12.5. The zero-order valence-electron chi connectivity index (χ0n) is 10.3. The van der Waals surface area contributed by atoms with E-state index in [0.29, 0.717) is 10.5 Å². The van der Waals surface area contributed by atoms with Gasteiger partial charge >= 0.3 is 0 Å². The first kappa shape index (κ1) is 12.9. The van der Waals surface area contributed by atoms with Gasteiger partial charge in [0.25, 0.3) is 0 Å². The van der Waals surface area contributed by atoms with E-state index in [1.54, 1.807) is 0 Å². The quantitative estimate of drug-likeness (QED) is 0.902. The second-order valence-electron chi connectivity index (χ2n) is 4.62. The molecule has 0 bridgehead atoms. The van der Waals surface area contributed by atoms with E-state index in [1.165, 1.54) is 27.2 Å². The van der Waals surface area contributed by atoms with Gasteiger partial charge in [0.15, 0.2) is 0 Å². The van der Waals surface area contributed by atoms with Gasteiger partial charge in [-0.3, -0.25) is 0 Å². The van der Waals surface area contributed by atoms with Crippen molar-refractivity contribution in [1.29, 1.82) is 0 Å². The van der Waals surface area contributed by atoms with Crippen LogP contribution in [0.25, 0.3) is 10.1 Å². The summed E-state index contributed by atoms with van der Waals surface area (Å²) in [7, 11) is 0. The van der Waals surface area contributed by atoms with Gasteiger partial charge < -0.3 is 5.73 Å². The van der Waals surface area contributed by atoms with E-state index >= 15 is 0 Å². The Kier molecular flexibility index (Phi) is 3.89. The van der Waals surface area contributed by atoms with Gasteiger partial charge in [-0.05, 0) is 22.4 Å². The van der Waals surface area contributed by atoms with E-state index in [1.807, 2.05) is 23.1 Å². The fourth-order valence-corrected chi connectivity index (χ4v) is 6.33. The Hall–Kier alpha value is -0.160. The maximum atomic E-state index is 6.56. The van der Waals surface area contributed by atoms with E-state index in [4.69, 9.17) is 5.73 Å². The van der Waals surface area contributed by atoms with Gasteiger partial charge in [-0.15, -0.1) is 11.3 Å². The zero-order valence-corrected chi connectivity index (χ0v) is 12.8. The molecule has 3 atom stereocenters. The molecule has 0 amide bonds. The van der Waals surface area contributed by atoms with Crippen molar-refractivity contribution in [3.63, 3.8) is 0 Å². The van der Waals surface area contributed by atoms with Gasteiger partial charge in [0.2, 0.25) is 0 Å². The molecule has 0 aliphatic carbocycles. The van der Waals surface area contributed by atoms with Crippen molar-refractivity contribution < 1.29 is 0 Å². The first-order valence-electron chi connectivity index (χ1n) is 6.22. The van der Waals surface area contributed by atoms with Crippen LogP contribution in [0.2, 0.25) is 0 Å². The highest BCUT2D eigenvalue weighted by Gasteiger charge is 2.29. The predicted molar refractivity (Wildman–Crippen MR) is 86.9 cm³/mol. The van der Waals surface area contributed by atoms with Crippen molar-refractivity contribution in [3.8, 4) is 0 Å². The van der Waals surface area contributed by atoms with Crippen LogP contribution in [0.1, 0.15) is 18.5 Å². The third kappa shape index (κ3) is 2.31. The van der Waals surface area contributed by atoms with E-state index in [0.717, 1.165) is 0 Å². The smallest absolute Gasteiger partial charge is 0.0440 e. The molecule has 96 valence electrons. The first-order chi connectivity index (χ1) is 8.77.